The Morgan fingerprint density at radius 1 is 1.03 bits per heavy atom. The van der Waals surface area contributed by atoms with E-state index in [0.717, 1.165) is 51.1 Å². The SMILES string of the molecule is O=C(O)C(F)(F)F.O=C(O)c1ccc(CNC(=O)N2CCC(C3CCOCC3)C2)cc1. The zero-order chi connectivity index (χ0) is 23.0. The number of halogens is 3. The highest BCUT2D eigenvalue weighted by Crippen LogP contribution is 2.31. The smallest absolute Gasteiger partial charge is 0.478 e. The average molecular weight is 446 g/mol. The fourth-order valence-electron chi connectivity index (χ4n) is 3.60. The number of nitrogens with one attached hydrogen (secondary N) is 1. The van der Waals surface area contributed by atoms with Crippen molar-refractivity contribution in [3.05, 3.63) is 35.4 Å². The number of nitrogens with zero attached hydrogens (tertiary/aromatic N) is 1. The van der Waals surface area contributed by atoms with Gasteiger partial charge in [0, 0.05) is 32.8 Å². The molecule has 2 aliphatic heterocycles. The van der Waals surface area contributed by atoms with Crippen LogP contribution >= 0.6 is 0 Å². The number of amides is 2. The Labute approximate surface area is 177 Å². The van der Waals surface area contributed by atoms with Crippen molar-refractivity contribution in [1.82, 2.24) is 10.2 Å². The summed E-state index contributed by atoms with van der Waals surface area (Å²) in [5.74, 6) is -2.43. The summed E-state index contributed by atoms with van der Waals surface area (Å²) in [5.41, 5.74) is 1.15. The van der Waals surface area contributed by atoms with Crippen molar-refractivity contribution in [3.8, 4) is 0 Å². The van der Waals surface area contributed by atoms with Gasteiger partial charge < -0.3 is 25.2 Å². The molecule has 8 nitrogen and oxygen atoms in total. The molecule has 0 bridgehead atoms. The summed E-state index contributed by atoms with van der Waals surface area (Å²) in [4.78, 5) is 33.9. The molecule has 2 amide bonds. The minimum absolute atomic E-state index is 0.0353. The number of likely N-dealkylation sites (tertiary alicyclic amines) is 1. The highest BCUT2D eigenvalue weighted by molar-refractivity contribution is 5.87. The molecule has 0 spiro atoms. The van der Waals surface area contributed by atoms with Crippen molar-refractivity contribution in [2.45, 2.75) is 32.0 Å². The number of carbonyl (C=O) groups excluding carboxylic acids is 1. The van der Waals surface area contributed by atoms with Crippen molar-refractivity contribution < 1.29 is 42.5 Å². The fraction of sp³-hybridized carbons (Fsp3) is 0.550. The number of carboxylic acids is 2. The van der Waals surface area contributed by atoms with E-state index in [1.165, 1.54) is 0 Å². The van der Waals surface area contributed by atoms with Gasteiger partial charge in [-0.05, 0) is 48.8 Å². The molecule has 0 radical (unpaired) electrons. The number of urea groups is 1. The van der Waals surface area contributed by atoms with Gasteiger partial charge in [0.2, 0.25) is 0 Å². The predicted octanol–water partition coefficient (Wildman–Crippen LogP) is 2.98. The first-order valence-corrected chi connectivity index (χ1v) is 9.80. The number of ether oxygens (including phenoxy) is 1. The van der Waals surface area contributed by atoms with Crippen LogP contribution in [0.25, 0.3) is 0 Å². The molecule has 0 aromatic heterocycles. The molecular formula is C20H25F3N2O6. The molecule has 2 saturated heterocycles. The van der Waals surface area contributed by atoms with E-state index in [2.05, 4.69) is 5.32 Å². The molecule has 2 fully saturated rings. The van der Waals surface area contributed by atoms with Gasteiger partial charge in [0.1, 0.15) is 0 Å². The molecule has 3 N–H and O–H groups in total. The fourth-order valence-corrected chi connectivity index (χ4v) is 3.60. The van der Waals surface area contributed by atoms with E-state index >= 15 is 0 Å². The van der Waals surface area contributed by atoms with Crippen LogP contribution in [0.2, 0.25) is 0 Å². The molecule has 3 rings (SSSR count). The van der Waals surface area contributed by atoms with Crippen LogP contribution in [0.15, 0.2) is 24.3 Å². The van der Waals surface area contributed by atoms with Crippen LogP contribution < -0.4 is 5.32 Å². The lowest BCUT2D eigenvalue weighted by molar-refractivity contribution is -0.192. The van der Waals surface area contributed by atoms with Crippen LogP contribution in [0.3, 0.4) is 0 Å². The van der Waals surface area contributed by atoms with Crippen molar-refractivity contribution >= 4 is 18.0 Å². The number of hydrogen-bond acceptors (Lipinski definition) is 4. The molecular weight excluding hydrogens is 421 g/mol. The van der Waals surface area contributed by atoms with Crippen molar-refractivity contribution in [2.75, 3.05) is 26.3 Å². The zero-order valence-electron chi connectivity index (χ0n) is 16.7. The average Bonchev–Trinajstić information content (AvgIpc) is 3.23. The molecule has 1 unspecified atom stereocenters. The van der Waals surface area contributed by atoms with Gasteiger partial charge in [0.15, 0.2) is 0 Å². The maximum atomic E-state index is 12.3. The van der Waals surface area contributed by atoms with Crippen molar-refractivity contribution in [2.24, 2.45) is 11.8 Å². The molecule has 2 heterocycles. The number of benzene rings is 1. The van der Waals surface area contributed by atoms with Gasteiger partial charge in [-0.3, -0.25) is 0 Å². The van der Waals surface area contributed by atoms with Crippen LogP contribution in [-0.2, 0) is 16.1 Å². The van der Waals surface area contributed by atoms with Gasteiger partial charge in [0.05, 0.1) is 5.56 Å². The van der Waals surface area contributed by atoms with E-state index in [0.29, 0.717) is 18.4 Å². The Bertz CT molecular complexity index is 763. The number of aromatic carboxylic acids is 1. The summed E-state index contributed by atoms with van der Waals surface area (Å²) >= 11 is 0. The van der Waals surface area contributed by atoms with Crippen LogP contribution in [0.5, 0.6) is 0 Å². The van der Waals surface area contributed by atoms with Gasteiger partial charge in [0.25, 0.3) is 0 Å². The van der Waals surface area contributed by atoms with E-state index in [9.17, 15) is 22.8 Å². The minimum atomic E-state index is -5.08. The second-order valence-corrected chi connectivity index (χ2v) is 7.41. The van der Waals surface area contributed by atoms with E-state index in [1.54, 1.807) is 24.3 Å². The topological polar surface area (TPSA) is 116 Å². The van der Waals surface area contributed by atoms with Crippen LogP contribution in [0.4, 0.5) is 18.0 Å². The van der Waals surface area contributed by atoms with Gasteiger partial charge >= 0.3 is 24.1 Å². The summed E-state index contributed by atoms with van der Waals surface area (Å²) in [7, 11) is 0. The second-order valence-electron chi connectivity index (χ2n) is 7.41. The lowest BCUT2D eigenvalue weighted by Crippen LogP contribution is -2.38. The second kappa shape index (κ2) is 11.0. The zero-order valence-corrected chi connectivity index (χ0v) is 16.7. The number of aliphatic carboxylic acids is 1. The number of alkyl halides is 3. The summed E-state index contributed by atoms with van der Waals surface area (Å²) in [6, 6.07) is 6.55. The number of hydrogen-bond donors (Lipinski definition) is 3. The Morgan fingerprint density at radius 3 is 2.13 bits per heavy atom. The molecule has 1 aromatic carbocycles. The van der Waals surface area contributed by atoms with E-state index in [-0.39, 0.29) is 11.6 Å². The Kier molecular flexibility index (Phi) is 8.66. The maximum Gasteiger partial charge on any atom is 0.490 e. The van der Waals surface area contributed by atoms with Gasteiger partial charge in [-0.2, -0.15) is 13.2 Å². The van der Waals surface area contributed by atoms with Crippen molar-refractivity contribution in [3.63, 3.8) is 0 Å². The molecule has 0 aliphatic carbocycles. The third kappa shape index (κ3) is 7.74. The lowest BCUT2D eigenvalue weighted by atomic mass is 9.85. The lowest BCUT2D eigenvalue weighted by Gasteiger charge is -2.27. The molecule has 1 atom stereocenters. The quantitative estimate of drug-likeness (QED) is 0.655. The Hall–Kier alpha value is -2.82. The third-order valence-corrected chi connectivity index (χ3v) is 5.33. The first kappa shape index (κ1) is 24.4. The Balaban J connectivity index is 0.000000423. The predicted molar refractivity (Wildman–Crippen MR) is 103 cm³/mol. The minimum Gasteiger partial charge on any atom is -0.478 e. The Morgan fingerprint density at radius 2 is 1.61 bits per heavy atom. The van der Waals surface area contributed by atoms with Gasteiger partial charge in [-0.1, -0.05) is 12.1 Å². The monoisotopic (exact) mass is 446 g/mol. The largest absolute Gasteiger partial charge is 0.490 e. The van der Waals surface area contributed by atoms with E-state index < -0.39 is 18.1 Å². The third-order valence-electron chi connectivity index (χ3n) is 5.33. The first-order valence-electron chi connectivity index (χ1n) is 9.80. The number of rotatable bonds is 4. The van der Waals surface area contributed by atoms with Crippen LogP contribution in [0, 0.1) is 11.8 Å². The van der Waals surface area contributed by atoms with Crippen molar-refractivity contribution in [1.29, 1.82) is 0 Å². The van der Waals surface area contributed by atoms with Crippen LogP contribution in [-0.4, -0.2) is 65.6 Å². The molecule has 0 saturated carbocycles. The molecule has 2 aliphatic rings. The summed E-state index contributed by atoms with van der Waals surface area (Å²) < 4.78 is 37.2. The highest BCUT2D eigenvalue weighted by atomic mass is 19.4. The highest BCUT2D eigenvalue weighted by Gasteiger charge is 2.38. The molecule has 1 aromatic rings. The summed E-state index contributed by atoms with van der Waals surface area (Å²) in [5, 5.41) is 18.9. The molecule has 31 heavy (non-hydrogen) atoms. The van der Waals surface area contributed by atoms with Crippen LogP contribution in [0.1, 0.15) is 35.2 Å². The summed E-state index contributed by atoms with van der Waals surface area (Å²) in [6.07, 6.45) is -1.79. The molecule has 11 heteroatoms. The maximum absolute atomic E-state index is 12.3. The molecule has 172 valence electrons. The number of carboxylic acid groups (broad SMARTS) is 2. The van der Waals surface area contributed by atoms with E-state index in [1.807, 2.05) is 4.90 Å². The van der Waals surface area contributed by atoms with Gasteiger partial charge in [-0.15, -0.1) is 0 Å². The first-order chi connectivity index (χ1) is 14.6. The standard InChI is InChI=1S/C18H24N2O4.C2HF3O2/c21-17(22)15-3-1-13(2-4-15)11-19-18(23)20-8-5-16(12-20)14-6-9-24-10-7-14;3-2(4,5)1(6)7/h1-4,14,16H,5-12H2,(H,19,23)(H,21,22);(H,6,7). The van der Waals surface area contributed by atoms with Gasteiger partial charge in [-0.25, -0.2) is 14.4 Å². The summed E-state index contributed by atoms with van der Waals surface area (Å²) in [6.45, 7) is 3.75. The van der Waals surface area contributed by atoms with E-state index in [4.69, 9.17) is 19.7 Å². The number of carbonyl (C=O) groups is 3. The normalized spacial score (nSPS) is 19.3.